The van der Waals surface area contributed by atoms with Crippen LogP contribution in [0.25, 0.3) is 0 Å². The monoisotopic (exact) mass is 422 g/mol. The number of amides is 1. The van der Waals surface area contributed by atoms with Crippen LogP contribution in [0.3, 0.4) is 0 Å². The van der Waals surface area contributed by atoms with Gasteiger partial charge in [-0.2, -0.15) is 0 Å². The second-order valence-corrected chi connectivity index (χ2v) is 7.85. The third-order valence-electron chi connectivity index (χ3n) is 5.45. The number of aliphatic carboxylic acids is 1. The smallest absolute Gasteiger partial charge is 0.330 e. The molecule has 5 heteroatoms. The minimum Gasteiger partial charge on any atom is -0.478 e. The molecule has 2 aromatic rings. The van der Waals surface area contributed by atoms with Gasteiger partial charge in [-0.25, -0.2) is 4.79 Å². The van der Waals surface area contributed by atoms with Crippen LogP contribution in [-0.2, 0) is 16.0 Å². The van der Waals surface area contributed by atoms with E-state index < -0.39 is 5.97 Å². The number of rotatable bonds is 7. The normalized spacial score (nSPS) is 14.3. The Balaban J connectivity index is 0.000000501. The minimum atomic E-state index is -0.935. The fourth-order valence-corrected chi connectivity index (χ4v) is 3.65. The lowest BCUT2D eigenvalue weighted by atomic mass is 10.0. The van der Waals surface area contributed by atoms with Crippen molar-refractivity contribution < 1.29 is 14.7 Å². The van der Waals surface area contributed by atoms with Crippen LogP contribution in [0, 0.1) is 0 Å². The molecule has 1 amide bonds. The number of carbonyl (C=O) groups excluding carboxylic acids is 1. The third kappa shape index (κ3) is 8.02. The van der Waals surface area contributed by atoms with Crippen LogP contribution >= 0.6 is 0 Å². The number of para-hydroxylation sites is 1. The number of piperidine rings is 1. The largest absolute Gasteiger partial charge is 0.478 e. The van der Waals surface area contributed by atoms with E-state index in [0.717, 1.165) is 44.6 Å². The van der Waals surface area contributed by atoms with Gasteiger partial charge in [0.15, 0.2) is 0 Å². The molecule has 2 aromatic carbocycles. The number of hydrogen-bond acceptors (Lipinski definition) is 3. The molecule has 31 heavy (non-hydrogen) atoms. The highest BCUT2D eigenvalue weighted by Gasteiger charge is 2.28. The van der Waals surface area contributed by atoms with Crippen molar-refractivity contribution in [2.75, 3.05) is 24.5 Å². The van der Waals surface area contributed by atoms with Gasteiger partial charge in [-0.15, -0.1) is 0 Å². The van der Waals surface area contributed by atoms with E-state index >= 15 is 0 Å². The van der Waals surface area contributed by atoms with E-state index in [-0.39, 0.29) is 11.5 Å². The van der Waals surface area contributed by atoms with Crippen LogP contribution in [0.2, 0.25) is 0 Å². The highest BCUT2D eigenvalue weighted by atomic mass is 16.4. The van der Waals surface area contributed by atoms with Crippen molar-refractivity contribution in [1.82, 2.24) is 4.90 Å². The van der Waals surface area contributed by atoms with Crippen LogP contribution in [0.1, 0.15) is 38.7 Å². The van der Waals surface area contributed by atoms with Crippen molar-refractivity contribution >= 4 is 17.6 Å². The fourth-order valence-electron chi connectivity index (χ4n) is 3.65. The average Bonchev–Trinajstić information content (AvgIpc) is 2.80. The number of carboxylic acids is 1. The van der Waals surface area contributed by atoms with Gasteiger partial charge in [0.2, 0.25) is 5.91 Å². The Morgan fingerprint density at radius 1 is 1.03 bits per heavy atom. The molecule has 3 rings (SSSR count). The van der Waals surface area contributed by atoms with E-state index in [4.69, 9.17) is 5.11 Å². The predicted octanol–water partition coefficient (Wildman–Crippen LogP) is 4.78. The average molecular weight is 423 g/mol. The molecule has 166 valence electrons. The van der Waals surface area contributed by atoms with E-state index in [2.05, 4.69) is 53.9 Å². The Morgan fingerprint density at radius 3 is 2.03 bits per heavy atom. The van der Waals surface area contributed by atoms with Crippen LogP contribution < -0.4 is 4.90 Å². The molecular formula is C26H34N2O3. The summed E-state index contributed by atoms with van der Waals surface area (Å²) < 4.78 is 0. The minimum absolute atomic E-state index is 0.176. The van der Waals surface area contributed by atoms with Gasteiger partial charge in [0.25, 0.3) is 0 Å². The van der Waals surface area contributed by atoms with Crippen molar-refractivity contribution in [1.29, 1.82) is 0 Å². The van der Waals surface area contributed by atoms with Gasteiger partial charge in [0, 0.05) is 43.4 Å². The van der Waals surface area contributed by atoms with E-state index in [9.17, 15) is 9.59 Å². The Labute approximate surface area is 186 Å². The molecule has 1 heterocycles. The van der Waals surface area contributed by atoms with E-state index in [0.29, 0.717) is 12.5 Å². The van der Waals surface area contributed by atoms with Crippen molar-refractivity contribution in [2.24, 2.45) is 0 Å². The summed E-state index contributed by atoms with van der Waals surface area (Å²) in [5.41, 5.74) is 2.61. The molecule has 0 radical (unpaired) electrons. The van der Waals surface area contributed by atoms with E-state index in [1.165, 1.54) is 12.5 Å². The second-order valence-electron chi connectivity index (χ2n) is 7.85. The first kappa shape index (κ1) is 24.4. The van der Waals surface area contributed by atoms with Crippen LogP contribution in [0.4, 0.5) is 5.69 Å². The zero-order valence-electron chi connectivity index (χ0n) is 18.7. The summed E-state index contributed by atoms with van der Waals surface area (Å²) in [6.45, 7) is 9.79. The number of hydrogen-bond donors (Lipinski definition) is 1. The molecule has 1 aliphatic rings. The maximum atomic E-state index is 12.5. The van der Waals surface area contributed by atoms with Crippen molar-refractivity contribution in [3.05, 3.63) is 78.4 Å². The molecular weight excluding hydrogens is 388 g/mol. The zero-order chi connectivity index (χ0) is 22.6. The molecule has 0 saturated carbocycles. The molecule has 0 spiro atoms. The molecule has 0 bridgehead atoms. The number of carbonyl (C=O) groups is 2. The highest BCUT2D eigenvalue weighted by molar-refractivity contribution is 5.93. The lowest BCUT2D eigenvalue weighted by molar-refractivity contribution is -0.132. The third-order valence-corrected chi connectivity index (χ3v) is 5.45. The van der Waals surface area contributed by atoms with Gasteiger partial charge in [0.1, 0.15) is 0 Å². The van der Waals surface area contributed by atoms with Gasteiger partial charge >= 0.3 is 5.97 Å². The second kappa shape index (κ2) is 12.7. The maximum absolute atomic E-state index is 12.5. The van der Waals surface area contributed by atoms with Crippen molar-refractivity contribution in [3.8, 4) is 0 Å². The summed E-state index contributed by atoms with van der Waals surface area (Å²) in [5, 5.41) is 7.89. The quantitative estimate of drug-likeness (QED) is 0.652. The predicted molar refractivity (Wildman–Crippen MR) is 126 cm³/mol. The van der Waals surface area contributed by atoms with Crippen LogP contribution in [0.5, 0.6) is 0 Å². The summed E-state index contributed by atoms with van der Waals surface area (Å²) in [6.07, 6.45) is 3.76. The summed E-state index contributed by atoms with van der Waals surface area (Å²) in [7, 11) is 0. The van der Waals surface area contributed by atoms with Gasteiger partial charge in [-0.05, 0) is 43.9 Å². The number of nitrogens with zero attached hydrogens (tertiary/aromatic N) is 2. The van der Waals surface area contributed by atoms with Crippen molar-refractivity contribution in [3.63, 3.8) is 0 Å². The Kier molecular flexibility index (Phi) is 9.98. The van der Waals surface area contributed by atoms with Crippen molar-refractivity contribution in [2.45, 2.75) is 45.6 Å². The highest BCUT2D eigenvalue weighted by Crippen LogP contribution is 2.24. The molecule has 1 N–H and O–H groups in total. The molecule has 1 saturated heterocycles. The lowest BCUT2D eigenvalue weighted by Gasteiger charge is -2.38. The summed E-state index contributed by atoms with van der Waals surface area (Å²) in [6, 6.07) is 21.1. The first-order valence-corrected chi connectivity index (χ1v) is 10.9. The summed E-state index contributed by atoms with van der Waals surface area (Å²) in [4.78, 5) is 26.7. The summed E-state index contributed by atoms with van der Waals surface area (Å²) >= 11 is 0. The molecule has 1 fully saturated rings. The van der Waals surface area contributed by atoms with Gasteiger partial charge < -0.3 is 14.9 Å². The molecule has 0 unspecified atom stereocenters. The Bertz CT molecular complexity index is 816. The SMILES string of the molecule is C=C(C)C(=O)O.CCC(=O)N(c1ccccc1)C1CCN(CCc2ccccc2)CC1. The van der Waals surface area contributed by atoms with Crippen LogP contribution in [-0.4, -0.2) is 47.6 Å². The van der Waals surface area contributed by atoms with Gasteiger partial charge in [-0.3, -0.25) is 4.79 Å². The number of anilines is 1. The van der Waals surface area contributed by atoms with E-state index in [1.807, 2.05) is 30.0 Å². The van der Waals surface area contributed by atoms with Crippen LogP contribution in [0.15, 0.2) is 72.8 Å². The number of carboxylic acid groups (broad SMARTS) is 1. The lowest BCUT2D eigenvalue weighted by Crippen LogP contribution is -2.47. The fraction of sp³-hybridized carbons (Fsp3) is 0.385. The molecule has 0 atom stereocenters. The van der Waals surface area contributed by atoms with Gasteiger partial charge in [0.05, 0.1) is 0 Å². The molecule has 0 aliphatic carbocycles. The number of benzene rings is 2. The molecule has 0 aromatic heterocycles. The molecule has 5 nitrogen and oxygen atoms in total. The Morgan fingerprint density at radius 2 is 1.55 bits per heavy atom. The summed E-state index contributed by atoms with van der Waals surface area (Å²) in [5.74, 6) is -0.705. The van der Waals surface area contributed by atoms with Gasteiger partial charge in [-0.1, -0.05) is 62.0 Å². The zero-order valence-corrected chi connectivity index (χ0v) is 18.7. The first-order chi connectivity index (χ1) is 14.9. The Hall–Kier alpha value is -2.92. The standard InChI is InChI=1S/C22H28N2O.C4H6O2/c1-2-22(25)24(20-11-7-4-8-12-20)21-14-17-23(18-15-21)16-13-19-9-5-3-6-10-19;1-3(2)4(5)6/h3-12,21H,2,13-18H2,1H3;1H2,2H3,(H,5,6). The van der Waals surface area contributed by atoms with E-state index in [1.54, 1.807) is 0 Å². The molecule has 1 aliphatic heterocycles. The first-order valence-electron chi connectivity index (χ1n) is 10.9. The maximum Gasteiger partial charge on any atom is 0.330 e. The topological polar surface area (TPSA) is 60.9 Å². The number of likely N-dealkylation sites (tertiary alicyclic amines) is 1.